The van der Waals surface area contributed by atoms with Gasteiger partial charge in [-0.05, 0) is 11.6 Å². The molecule has 1 atom stereocenters. The molecule has 1 unspecified atom stereocenters. The van der Waals surface area contributed by atoms with Gasteiger partial charge in [0.2, 0.25) is 5.56 Å². The standard InChI is InChI=1S/C9H13N3O/c13-9-5-7(1-2-12-9)8-6-10-3-4-11-8/h1-2,5,8,10-11H,3-4,6H2,(H,12,13). The molecule has 1 aromatic heterocycles. The van der Waals surface area contributed by atoms with Gasteiger partial charge >= 0.3 is 0 Å². The van der Waals surface area contributed by atoms with Gasteiger partial charge in [0.05, 0.1) is 0 Å². The minimum Gasteiger partial charge on any atom is -0.329 e. The Morgan fingerprint density at radius 1 is 1.38 bits per heavy atom. The first-order valence-electron chi connectivity index (χ1n) is 4.49. The van der Waals surface area contributed by atoms with Crippen molar-refractivity contribution in [2.24, 2.45) is 0 Å². The van der Waals surface area contributed by atoms with E-state index >= 15 is 0 Å². The molecule has 70 valence electrons. The minimum absolute atomic E-state index is 0.0372. The predicted octanol–water partition coefficient (Wildman–Crippen LogP) is -0.391. The van der Waals surface area contributed by atoms with Crippen molar-refractivity contribution in [3.8, 4) is 0 Å². The zero-order valence-corrected chi connectivity index (χ0v) is 7.34. The van der Waals surface area contributed by atoms with Crippen molar-refractivity contribution in [3.05, 3.63) is 34.2 Å². The van der Waals surface area contributed by atoms with Gasteiger partial charge in [0.1, 0.15) is 0 Å². The fourth-order valence-electron chi connectivity index (χ4n) is 1.57. The number of hydrogen-bond donors (Lipinski definition) is 3. The largest absolute Gasteiger partial charge is 0.329 e. The van der Waals surface area contributed by atoms with Crippen molar-refractivity contribution in [3.63, 3.8) is 0 Å². The molecule has 1 saturated heterocycles. The van der Waals surface area contributed by atoms with Crippen molar-refractivity contribution in [2.45, 2.75) is 6.04 Å². The monoisotopic (exact) mass is 179 g/mol. The van der Waals surface area contributed by atoms with Crippen LogP contribution in [-0.4, -0.2) is 24.6 Å². The first-order chi connectivity index (χ1) is 6.36. The second-order valence-electron chi connectivity index (χ2n) is 3.20. The molecule has 0 aliphatic carbocycles. The Bertz CT molecular complexity index is 328. The molecule has 1 aliphatic heterocycles. The lowest BCUT2D eigenvalue weighted by atomic mass is 10.1. The molecule has 0 saturated carbocycles. The van der Waals surface area contributed by atoms with Crippen LogP contribution in [0.15, 0.2) is 23.1 Å². The molecule has 3 N–H and O–H groups in total. The molecule has 0 aromatic carbocycles. The van der Waals surface area contributed by atoms with Gasteiger partial charge in [0, 0.05) is 37.9 Å². The molecule has 13 heavy (non-hydrogen) atoms. The van der Waals surface area contributed by atoms with E-state index in [2.05, 4.69) is 15.6 Å². The summed E-state index contributed by atoms with van der Waals surface area (Å²) < 4.78 is 0. The average Bonchev–Trinajstić information content (AvgIpc) is 2.19. The smallest absolute Gasteiger partial charge is 0.248 e. The first kappa shape index (κ1) is 8.47. The predicted molar refractivity (Wildman–Crippen MR) is 50.7 cm³/mol. The SMILES string of the molecule is O=c1cc(C2CNCCN2)cc[nH]1. The third-order valence-corrected chi connectivity index (χ3v) is 2.24. The zero-order chi connectivity index (χ0) is 9.10. The Kier molecular flexibility index (Phi) is 2.42. The lowest BCUT2D eigenvalue weighted by Crippen LogP contribution is -2.42. The van der Waals surface area contributed by atoms with E-state index in [1.807, 2.05) is 6.07 Å². The van der Waals surface area contributed by atoms with Gasteiger partial charge in [-0.2, -0.15) is 0 Å². The quantitative estimate of drug-likeness (QED) is 0.550. The van der Waals surface area contributed by atoms with Crippen LogP contribution in [0.4, 0.5) is 0 Å². The van der Waals surface area contributed by atoms with Gasteiger partial charge in [-0.3, -0.25) is 4.79 Å². The molecule has 0 bridgehead atoms. The summed E-state index contributed by atoms with van der Waals surface area (Å²) in [5, 5.41) is 6.63. The van der Waals surface area contributed by atoms with Crippen LogP contribution in [0.1, 0.15) is 11.6 Å². The van der Waals surface area contributed by atoms with Crippen molar-refractivity contribution >= 4 is 0 Å². The van der Waals surface area contributed by atoms with E-state index in [1.54, 1.807) is 12.3 Å². The molecule has 1 fully saturated rings. The van der Waals surface area contributed by atoms with Crippen LogP contribution in [0, 0.1) is 0 Å². The topological polar surface area (TPSA) is 56.9 Å². The molecule has 0 amide bonds. The van der Waals surface area contributed by atoms with Crippen molar-refractivity contribution in [1.29, 1.82) is 0 Å². The lowest BCUT2D eigenvalue weighted by Gasteiger charge is -2.24. The highest BCUT2D eigenvalue weighted by Crippen LogP contribution is 2.09. The van der Waals surface area contributed by atoms with Gasteiger partial charge in [0.15, 0.2) is 0 Å². The van der Waals surface area contributed by atoms with E-state index < -0.39 is 0 Å². The molecule has 0 radical (unpaired) electrons. The summed E-state index contributed by atoms with van der Waals surface area (Å²) in [5.74, 6) is 0. The summed E-state index contributed by atoms with van der Waals surface area (Å²) in [6.07, 6.45) is 1.69. The Morgan fingerprint density at radius 2 is 2.31 bits per heavy atom. The number of aromatic nitrogens is 1. The van der Waals surface area contributed by atoms with Crippen LogP contribution in [0.2, 0.25) is 0 Å². The molecule has 4 heteroatoms. The number of pyridine rings is 1. The summed E-state index contributed by atoms with van der Waals surface area (Å²) in [6.45, 7) is 2.85. The first-order valence-corrected chi connectivity index (χ1v) is 4.49. The third-order valence-electron chi connectivity index (χ3n) is 2.24. The number of aromatic amines is 1. The molecule has 0 spiro atoms. The highest BCUT2D eigenvalue weighted by molar-refractivity contribution is 5.16. The normalized spacial score (nSPS) is 22.9. The summed E-state index contributed by atoms with van der Waals surface area (Å²) in [5.41, 5.74) is 1.01. The van der Waals surface area contributed by atoms with Gasteiger partial charge in [-0.1, -0.05) is 0 Å². The number of rotatable bonds is 1. The molecule has 1 aromatic rings. The van der Waals surface area contributed by atoms with Gasteiger partial charge in [-0.25, -0.2) is 0 Å². The Hall–Kier alpha value is -1.13. The highest BCUT2D eigenvalue weighted by Gasteiger charge is 2.13. The minimum atomic E-state index is -0.0372. The number of piperazine rings is 1. The maximum Gasteiger partial charge on any atom is 0.248 e. The molecule has 4 nitrogen and oxygen atoms in total. The van der Waals surface area contributed by atoms with Crippen LogP contribution >= 0.6 is 0 Å². The van der Waals surface area contributed by atoms with E-state index in [4.69, 9.17) is 0 Å². The Labute approximate surface area is 76.4 Å². The average molecular weight is 179 g/mol. The van der Waals surface area contributed by atoms with E-state index in [9.17, 15) is 4.79 Å². The summed E-state index contributed by atoms with van der Waals surface area (Å²) in [7, 11) is 0. The van der Waals surface area contributed by atoms with Crippen molar-refractivity contribution in [2.75, 3.05) is 19.6 Å². The number of nitrogens with one attached hydrogen (secondary N) is 3. The fourth-order valence-corrected chi connectivity index (χ4v) is 1.57. The van der Waals surface area contributed by atoms with E-state index in [0.717, 1.165) is 25.2 Å². The second-order valence-corrected chi connectivity index (χ2v) is 3.20. The van der Waals surface area contributed by atoms with Crippen molar-refractivity contribution in [1.82, 2.24) is 15.6 Å². The highest BCUT2D eigenvalue weighted by atomic mass is 16.1. The Balaban J connectivity index is 2.19. The van der Waals surface area contributed by atoms with E-state index in [1.165, 1.54) is 0 Å². The lowest BCUT2D eigenvalue weighted by molar-refractivity contribution is 0.430. The molecule has 2 heterocycles. The number of H-pyrrole nitrogens is 1. The molecular weight excluding hydrogens is 166 g/mol. The van der Waals surface area contributed by atoms with Gasteiger partial charge in [-0.15, -0.1) is 0 Å². The van der Waals surface area contributed by atoms with E-state index in [0.29, 0.717) is 0 Å². The third kappa shape index (κ3) is 1.96. The molecule has 2 rings (SSSR count). The van der Waals surface area contributed by atoms with Crippen LogP contribution < -0.4 is 16.2 Å². The summed E-state index contributed by atoms with van der Waals surface area (Å²) in [4.78, 5) is 13.6. The maximum atomic E-state index is 11.0. The van der Waals surface area contributed by atoms with Crippen LogP contribution in [0.25, 0.3) is 0 Å². The zero-order valence-electron chi connectivity index (χ0n) is 7.34. The Morgan fingerprint density at radius 3 is 3.00 bits per heavy atom. The summed E-state index contributed by atoms with van der Waals surface area (Å²) >= 11 is 0. The van der Waals surface area contributed by atoms with Crippen LogP contribution in [0.5, 0.6) is 0 Å². The van der Waals surface area contributed by atoms with Crippen molar-refractivity contribution < 1.29 is 0 Å². The fraction of sp³-hybridized carbons (Fsp3) is 0.444. The van der Waals surface area contributed by atoms with Crippen LogP contribution in [0.3, 0.4) is 0 Å². The number of hydrogen-bond acceptors (Lipinski definition) is 3. The van der Waals surface area contributed by atoms with E-state index in [-0.39, 0.29) is 11.6 Å². The molecular formula is C9H13N3O. The van der Waals surface area contributed by atoms with Gasteiger partial charge < -0.3 is 15.6 Å². The molecule has 1 aliphatic rings. The van der Waals surface area contributed by atoms with Gasteiger partial charge in [0.25, 0.3) is 0 Å². The second kappa shape index (κ2) is 3.72. The van der Waals surface area contributed by atoms with Crippen LogP contribution in [-0.2, 0) is 0 Å². The maximum absolute atomic E-state index is 11.0. The summed E-state index contributed by atoms with van der Waals surface area (Å²) in [6, 6.07) is 3.85.